The van der Waals surface area contributed by atoms with Crippen LogP contribution in [0.25, 0.3) is 0 Å². The quantitative estimate of drug-likeness (QED) is 0.921. The van der Waals surface area contributed by atoms with Gasteiger partial charge in [-0.25, -0.2) is 17.5 Å². The SMILES string of the molecule is Cc1ccccc1[C@@H](C)NS(=O)(=O)Cc1ccc(F)cc1. The van der Waals surface area contributed by atoms with E-state index in [0.717, 1.165) is 11.1 Å². The Morgan fingerprint density at radius 1 is 1.10 bits per heavy atom. The van der Waals surface area contributed by atoms with Gasteiger partial charge in [0.05, 0.1) is 5.75 Å². The van der Waals surface area contributed by atoms with Gasteiger partial charge < -0.3 is 0 Å². The molecule has 0 amide bonds. The molecule has 0 aliphatic heterocycles. The largest absolute Gasteiger partial charge is 0.216 e. The molecule has 1 N–H and O–H groups in total. The molecule has 0 aromatic heterocycles. The Hall–Kier alpha value is -1.72. The van der Waals surface area contributed by atoms with Crippen LogP contribution in [0.15, 0.2) is 48.5 Å². The first kappa shape index (κ1) is 15.7. The summed E-state index contributed by atoms with van der Waals surface area (Å²) in [6.45, 7) is 3.75. The van der Waals surface area contributed by atoms with E-state index >= 15 is 0 Å². The molecule has 0 unspecified atom stereocenters. The number of hydrogen-bond acceptors (Lipinski definition) is 2. The summed E-state index contributed by atoms with van der Waals surface area (Å²) in [5.41, 5.74) is 2.54. The maximum atomic E-state index is 12.8. The zero-order valence-corrected chi connectivity index (χ0v) is 12.8. The topological polar surface area (TPSA) is 46.2 Å². The third-order valence-corrected chi connectivity index (χ3v) is 4.71. The molecule has 1 atom stereocenters. The highest BCUT2D eigenvalue weighted by molar-refractivity contribution is 7.88. The van der Waals surface area contributed by atoms with E-state index in [2.05, 4.69) is 4.72 Å². The number of nitrogens with one attached hydrogen (secondary N) is 1. The maximum Gasteiger partial charge on any atom is 0.216 e. The molecular weight excluding hydrogens is 289 g/mol. The van der Waals surface area contributed by atoms with Gasteiger partial charge in [0.1, 0.15) is 5.82 Å². The minimum Gasteiger partial charge on any atom is -0.212 e. The van der Waals surface area contributed by atoms with E-state index in [1.54, 1.807) is 0 Å². The van der Waals surface area contributed by atoms with E-state index in [9.17, 15) is 12.8 Å². The Labute approximate surface area is 124 Å². The lowest BCUT2D eigenvalue weighted by Crippen LogP contribution is -2.28. The molecule has 0 saturated heterocycles. The third-order valence-electron chi connectivity index (χ3n) is 3.28. The lowest BCUT2D eigenvalue weighted by Gasteiger charge is -2.16. The van der Waals surface area contributed by atoms with E-state index < -0.39 is 10.0 Å². The molecule has 0 fully saturated rings. The Balaban J connectivity index is 2.10. The Kier molecular flexibility index (Phi) is 4.75. The smallest absolute Gasteiger partial charge is 0.212 e. The molecule has 0 aliphatic rings. The maximum absolute atomic E-state index is 12.8. The molecule has 2 aromatic rings. The summed E-state index contributed by atoms with van der Waals surface area (Å²) in [4.78, 5) is 0. The van der Waals surface area contributed by atoms with Crippen molar-refractivity contribution in [3.63, 3.8) is 0 Å². The van der Waals surface area contributed by atoms with Crippen molar-refractivity contribution >= 4 is 10.0 Å². The van der Waals surface area contributed by atoms with Crippen LogP contribution in [0, 0.1) is 12.7 Å². The number of rotatable bonds is 5. The van der Waals surface area contributed by atoms with Gasteiger partial charge in [-0.2, -0.15) is 0 Å². The van der Waals surface area contributed by atoms with Crippen molar-refractivity contribution in [2.75, 3.05) is 0 Å². The van der Waals surface area contributed by atoms with E-state index in [-0.39, 0.29) is 17.6 Å². The molecule has 21 heavy (non-hydrogen) atoms. The van der Waals surface area contributed by atoms with Crippen molar-refractivity contribution in [2.45, 2.75) is 25.6 Å². The molecule has 112 valence electrons. The molecule has 0 spiro atoms. The predicted octanol–water partition coefficient (Wildman–Crippen LogP) is 3.31. The van der Waals surface area contributed by atoms with Crippen LogP contribution in [-0.4, -0.2) is 8.42 Å². The second-order valence-electron chi connectivity index (χ2n) is 5.08. The Morgan fingerprint density at radius 3 is 2.33 bits per heavy atom. The van der Waals surface area contributed by atoms with Crippen molar-refractivity contribution in [2.24, 2.45) is 0 Å². The van der Waals surface area contributed by atoms with Crippen LogP contribution in [0.4, 0.5) is 4.39 Å². The molecule has 0 saturated carbocycles. The van der Waals surface area contributed by atoms with Crippen LogP contribution < -0.4 is 4.72 Å². The molecule has 0 heterocycles. The first-order valence-electron chi connectivity index (χ1n) is 6.67. The van der Waals surface area contributed by atoms with Crippen molar-refractivity contribution in [3.8, 4) is 0 Å². The number of sulfonamides is 1. The fraction of sp³-hybridized carbons (Fsp3) is 0.250. The standard InChI is InChI=1S/C16H18FNO2S/c1-12-5-3-4-6-16(12)13(2)18-21(19,20)11-14-7-9-15(17)10-8-14/h3-10,13,18H,11H2,1-2H3/t13-/m1/s1. The summed E-state index contributed by atoms with van der Waals surface area (Å²) in [6.07, 6.45) is 0. The Morgan fingerprint density at radius 2 is 1.71 bits per heavy atom. The first-order chi connectivity index (χ1) is 9.87. The van der Waals surface area contributed by atoms with Gasteiger partial charge in [-0.1, -0.05) is 36.4 Å². The number of aryl methyl sites for hydroxylation is 1. The van der Waals surface area contributed by atoms with Crippen LogP contribution in [0.1, 0.15) is 29.7 Å². The van der Waals surface area contributed by atoms with Crippen molar-refractivity contribution in [3.05, 3.63) is 71.0 Å². The monoisotopic (exact) mass is 307 g/mol. The summed E-state index contributed by atoms with van der Waals surface area (Å²) < 4.78 is 39.8. The number of halogens is 1. The predicted molar refractivity (Wildman–Crippen MR) is 81.8 cm³/mol. The fourth-order valence-corrected chi connectivity index (χ4v) is 3.63. The molecule has 5 heteroatoms. The minimum atomic E-state index is -3.48. The van der Waals surface area contributed by atoms with Crippen molar-refractivity contribution in [1.82, 2.24) is 4.72 Å². The molecule has 2 aromatic carbocycles. The molecule has 0 aliphatic carbocycles. The highest BCUT2D eigenvalue weighted by Crippen LogP contribution is 2.18. The second kappa shape index (κ2) is 6.37. The zero-order chi connectivity index (χ0) is 15.5. The molecular formula is C16H18FNO2S. The van der Waals surface area contributed by atoms with Gasteiger partial charge in [0, 0.05) is 6.04 Å². The molecule has 0 bridgehead atoms. The highest BCUT2D eigenvalue weighted by Gasteiger charge is 2.17. The molecule has 0 radical (unpaired) electrons. The summed E-state index contributed by atoms with van der Waals surface area (Å²) in [5, 5.41) is 0. The summed E-state index contributed by atoms with van der Waals surface area (Å²) in [6, 6.07) is 12.8. The second-order valence-corrected chi connectivity index (χ2v) is 6.84. The van der Waals surface area contributed by atoms with Gasteiger partial charge >= 0.3 is 0 Å². The van der Waals surface area contributed by atoms with E-state index in [4.69, 9.17) is 0 Å². The summed E-state index contributed by atoms with van der Waals surface area (Å²) in [5.74, 6) is -0.541. The fourth-order valence-electron chi connectivity index (χ4n) is 2.25. The van der Waals surface area contributed by atoms with Gasteiger partial charge in [-0.05, 0) is 42.7 Å². The number of benzene rings is 2. The average molecular weight is 307 g/mol. The van der Waals surface area contributed by atoms with E-state index in [1.807, 2.05) is 38.1 Å². The van der Waals surface area contributed by atoms with Gasteiger partial charge in [-0.3, -0.25) is 0 Å². The lowest BCUT2D eigenvalue weighted by atomic mass is 10.0. The highest BCUT2D eigenvalue weighted by atomic mass is 32.2. The van der Waals surface area contributed by atoms with Gasteiger partial charge in [0.25, 0.3) is 0 Å². The third kappa shape index (κ3) is 4.37. The van der Waals surface area contributed by atoms with Gasteiger partial charge in [-0.15, -0.1) is 0 Å². The molecule has 2 rings (SSSR count). The van der Waals surface area contributed by atoms with Crippen LogP contribution >= 0.6 is 0 Å². The molecule has 3 nitrogen and oxygen atoms in total. The van der Waals surface area contributed by atoms with E-state index in [0.29, 0.717) is 5.56 Å². The minimum absolute atomic E-state index is 0.163. The zero-order valence-electron chi connectivity index (χ0n) is 12.0. The average Bonchev–Trinajstić information content (AvgIpc) is 2.41. The van der Waals surface area contributed by atoms with E-state index in [1.165, 1.54) is 24.3 Å². The summed E-state index contributed by atoms with van der Waals surface area (Å²) in [7, 11) is -3.48. The van der Waals surface area contributed by atoms with Crippen LogP contribution in [0.2, 0.25) is 0 Å². The van der Waals surface area contributed by atoms with Crippen molar-refractivity contribution in [1.29, 1.82) is 0 Å². The van der Waals surface area contributed by atoms with Crippen molar-refractivity contribution < 1.29 is 12.8 Å². The van der Waals surface area contributed by atoms with Crippen LogP contribution in [0.3, 0.4) is 0 Å². The summed E-state index contributed by atoms with van der Waals surface area (Å²) >= 11 is 0. The first-order valence-corrected chi connectivity index (χ1v) is 8.32. The normalized spacial score (nSPS) is 13.1. The van der Waals surface area contributed by atoms with Gasteiger partial charge in [0.2, 0.25) is 10.0 Å². The van der Waals surface area contributed by atoms with Crippen LogP contribution in [0.5, 0.6) is 0 Å². The Bertz CT molecular complexity index is 711. The van der Waals surface area contributed by atoms with Crippen LogP contribution in [-0.2, 0) is 15.8 Å². The van der Waals surface area contributed by atoms with Gasteiger partial charge in [0.15, 0.2) is 0 Å². The number of hydrogen-bond donors (Lipinski definition) is 1. The lowest BCUT2D eigenvalue weighted by molar-refractivity contribution is 0.565.